The van der Waals surface area contributed by atoms with E-state index in [9.17, 15) is 0 Å². The Bertz CT molecular complexity index is 1080. The van der Waals surface area contributed by atoms with E-state index >= 15 is 0 Å². The van der Waals surface area contributed by atoms with Crippen LogP contribution in [0.1, 0.15) is 51.2 Å². The summed E-state index contributed by atoms with van der Waals surface area (Å²) < 4.78 is 16.7. The lowest BCUT2D eigenvalue weighted by Gasteiger charge is -2.33. The zero-order valence-electron chi connectivity index (χ0n) is 21.2. The van der Waals surface area contributed by atoms with Gasteiger partial charge in [0.05, 0.1) is 21.3 Å². The number of hydrogen-bond donors (Lipinski definition) is 1. The molecule has 0 aliphatic carbocycles. The van der Waals surface area contributed by atoms with E-state index in [1.165, 1.54) is 52.1 Å². The molecular weight excluding hydrogens is 412 g/mol. The van der Waals surface area contributed by atoms with Crippen LogP contribution in [0.2, 0.25) is 0 Å². The number of hydrogen-bond acceptors (Lipinski definition) is 5. The maximum Gasteiger partial charge on any atom is 0.161 e. The average molecular weight is 453 g/mol. The molecule has 1 saturated heterocycles. The van der Waals surface area contributed by atoms with Crippen LogP contribution < -0.4 is 19.9 Å². The maximum atomic E-state index is 5.62. The van der Waals surface area contributed by atoms with Gasteiger partial charge in [-0.15, -0.1) is 0 Å². The Kier molecular flexibility index (Phi) is 8.81. The standard InChI is InChI=1S/C23H25NO3.C3H9N.C2H6/c1-25-15-6-7-16-17-9-14-5-4-8-24(14)13-21(17)20-12-23(27-3)22(26-2)11-19(20)18(16)10-15;1-2-3-4;1-2/h6-7,10-12,14H,4-5,8-9,13H2,1-3H3;2-4H2,1H3;1-2H3. The summed E-state index contributed by atoms with van der Waals surface area (Å²) in [6, 6.07) is 11.4. The van der Waals surface area contributed by atoms with Gasteiger partial charge < -0.3 is 19.9 Å². The normalized spacial score (nSPS) is 16.8. The highest BCUT2D eigenvalue weighted by Crippen LogP contribution is 2.44. The van der Waals surface area contributed by atoms with E-state index in [0.29, 0.717) is 6.04 Å². The molecule has 5 nitrogen and oxygen atoms in total. The first-order chi connectivity index (χ1) is 16.1. The minimum absolute atomic E-state index is 0.681. The van der Waals surface area contributed by atoms with E-state index in [2.05, 4.69) is 42.2 Å². The fraction of sp³-hybridized carbons (Fsp3) is 0.500. The van der Waals surface area contributed by atoms with E-state index < -0.39 is 0 Å². The molecule has 0 amide bonds. The van der Waals surface area contributed by atoms with Crippen LogP contribution in [0.5, 0.6) is 17.2 Å². The SMILES string of the molecule is CC.CCCN.COc1ccc2c3c(c4cc(OC)c(OC)cc4c2c1)CN1CCCC1C3. The first-order valence-corrected chi connectivity index (χ1v) is 12.3. The summed E-state index contributed by atoms with van der Waals surface area (Å²) in [6.45, 7) is 9.10. The molecule has 1 atom stereocenters. The second-order valence-electron chi connectivity index (χ2n) is 8.38. The Morgan fingerprint density at radius 3 is 2.12 bits per heavy atom. The Morgan fingerprint density at radius 2 is 1.52 bits per heavy atom. The lowest BCUT2D eigenvalue weighted by molar-refractivity contribution is 0.229. The monoisotopic (exact) mass is 452 g/mol. The third-order valence-electron chi connectivity index (χ3n) is 6.64. The Labute approximate surface area is 198 Å². The van der Waals surface area contributed by atoms with Gasteiger partial charge in [0.1, 0.15) is 5.75 Å². The van der Waals surface area contributed by atoms with Crippen molar-refractivity contribution in [3.05, 3.63) is 41.5 Å². The van der Waals surface area contributed by atoms with Crippen LogP contribution in [0.15, 0.2) is 30.3 Å². The Balaban J connectivity index is 0.000000464. The first kappa shape index (κ1) is 25.1. The van der Waals surface area contributed by atoms with Crippen molar-refractivity contribution in [2.45, 2.75) is 59.0 Å². The summed E-state index contributed by atoms with van der Waals surface area (Å²) in [6.07, 6.45) is 4.84. The van der Waals surface area contributed by atoms with Crippen LogP contribution in [0.25, 0.3) is 21.5 Å². The van der Waals surface area contributed by atoms with Crippen molar-refractivity contribution in [2.24, 2.45) is 5.73 Å². The van der Waals surface area contributed by atoms with Gasteiger partial charge in [-0.3, -0.25) is 4.90 Å². The van der Waals surface area contributed by atoms with Gasteiger partial charge >= 0.3 is 0 Å². The quantitative estimate of drug-likeness (QED) is 0.498. The number of methoxy groups -OCH3 is 3. The Hall–Kier alpha value is -2.50. The minimum atomic E-state index is 0.681. The molecule has 180 valence electrons. The molecule has 3 aromatic rings. The van der Waals surface area contributed by atoms with Crippen molar-refractivity contribution in [2.75, 3.05) is 34.4 Å². The summed E-state index contributed by atoms with van der Waals surface area (Å²) in [5, 5.41) is 5.05. The molecule has 0 radical (unpaired) electrons. The molecular formula is C28H40N2O3. The lowest BCUT2D eigenvalue weighted by Crippen LogP contribution is -2.35. The number of nitrogens with two attached hydrogens (primary N) is 1. The maximum absolute atomic E-state index is 5.62. The molecule has 5 heteroatoms. The second kappa shape index (κ2) is 11.6. The van der Waals surface area contributed by atoms with E-state index in [1.54, 1.807) is 21.3 Å². The highest BCUT2D eigenvalue weighted by Gasteiger charge is 2.32. The van der Waals surface area contributed by atoms with E-state index in [0.717, 1.165) is 43.2 Å². The molecule has 0 saturated carbocycles. The molecule has 2 N–H and O–H groups in total. The Morgan fingerprint density at radius 1 is 0.879 bits per heavy atom. The van der Waals surface area contributed by atoms with Gasteiger partial charge in [-0.2, -0.15) is 0 Å². The molecule has 0 bridgehead atoms. The summed E-state index contributed by atoms with van der Waals surface area (Å²) in [5.74, 6) is 2.44. The molecule has 5 rings (SSSR count). The zero-order valence-corrected chi connectivity index (χ0v) is 21.2. The third-order valence-corrected chi connectivity index (χ3v) is 6.64. The highest BCUT2D eigenvalue weighted by molar-refractivity contribution is 6.12. The second-order valence-corrected chi connectivity index (χ2v) is 8.38. The molecule has 0 aromatic heterocycles. The summed E-state index contributed by atoms with van der Waals surface area (Å²) in [4.78, 5) is 2.65. The summed E-state index contributed by atoms with van der Waals surface area (Å²) >= 11 is 0. The molecule has 3 aromatic carbocycles. The van der Waals surface area contributed by atoms with Crippen LogP contribution in [0.4, 0.5) is 0 Å². The van der Waals surface area contributed by atoms with Gasteiger partial charge in [0.2, 0.25) is 0 Å². The van der Waals surface area contributed by atoms with Gasteiger partial charge in [-0.05, 0) is 95.7 Å². The van der Waals surface area contributed by atoms with Crippen molar-refractivity contribution < 1.29 is 14.2 Å². The zero-order chi connectivity index (χ0) is 24.0. The molecule has 1 fully saturated rings. The van der Waals surface area contributed by atoms with Crippen molar-refractivity contribution in [3.8, 4) is 17.2 Å². The van der Waals surface area contributed by atoms with Gasteiger partial charge in [0, 0.05) is 12.6 Å². The highest BCUT2D eigenvalue weighted by atomic mass is 16.5. The fourth-order valence-corrected chi connectivity index (χ4v) is 5.00. The van der Waals surface area contributed by atoms with Crippen molar-refractivity contribution in [3.63, 3.8) is 0 Å². The number of rotatable bonds is 4. The van der Waals surface area contributed by atoms with Crippen LogP contribution in [-0.4, -0.2) is 45.4 Å². The largest absolute Gasteiger partial charge is 0.497 e. The predicted molar refractivity (Wildman–Crippen MR) is 139 cm³/mol. The number of ether oxygens (including phenoxy) is 3. The molecule has 0 spiro atoms. The first-order valence-electron chi connectivity index (χ1n) is 12.3. The number of nitrogens with zero attached hydrogens (tertiary/aromatic N) is 1. The van der Waals surface area contributed by atoms with Crippen molar-refractivity contribution in [1.29, 1.82) is 0 Å². The van der Waals surface area contributed by atoms with E-state index in [4.69, 9.17) is 19.9 Å². The van der Waals surface area contributed by atoms with E-state index in [-0.39, 0.29) is 0 Å². The molecule has 2 heterocycles. The summed E-state index contributed by atoms with van der Waals surface area (Å²) in [7, 11) is 5.12. The van der Waals surface area contributed by atoms with Crippen molar-refractivity contribution in [1.82, 2.24) is 4.90 Å². The number of benzene rings is 3. The van der Waals surface area contributed by atoms with Gasteiger partial charge in [0.25, 0.3) is 0 Å². The molecule has 2 aliphatic heterocycles. The lowest BCUT2D eigenvalue weighted by atomic mass is 9.85. The number of fused-ring (bicyclic) bond motifs is 7. The van der Waals surface area contributed by atoms with Gasteiger partial charge in [-0.1, -0.05) is 26.8 Å². The minimum Gasteiger partial charge on any atom is -0.497 e. The predicted octanol–water partition coefficient (Wildman–Crippen LogP) is 5.92. The fourth-order valence-electron chi connectivity index (χ4n) is 5.00. The third kappa shape index (κ3) is 4.90. The smallest absolute Gasteiger partial charge is 0.161 e. The van der Waals surface area contributed by atoms with Crippen LogP contribution in [0, 0.1) is 0 Å². The van der Waals surface area contributed by atoms with Crippen molar-refractivity contribution >= 4 is 21.5 Å². The summed E-state index contributed by atoms with van der Waals surface area (Å²) in [5.41, 5.74) is 7.97. The average Bonchev–Trinajstić information content (AvgIpc) is 3.35. The van der Waals surface area contributed by atoms with Crippen LogP contribution >= 0.6 is 0 Å². The molecule has 33 heavy (non-hydrogen) atoms. The van der Waals surface area contributed by atoms with Crippen LogP contribution in [-0.2, 0) is 13.0 Å². The topological polar surface area (TPSA) is 57.0 Å². The molecule has 2 aliphatic rings. The van der Waals surface area contributed by atoms with E-state index in [1.807, 2.05) is 13.8 Å². The van der Waals surface area contributed by atoms with Gasteiger partial charge in [0.15, 0.2) is 11.5 Å². The van der Waals surface area contributed by atoms with Crippen LogP contribution in [0.3, 0.4) is 0 Å². The van der Waals surface area contributed by atoms with Gasteiger partial charge in [-0.25, -0.2) is 0 Å². The molecule has 1 unspecified atom stereocenters.